The first-order valence-corrected chi connectivity index (χ1v) is 7.36. The molecule has 0 aromatic rings. The number of unbranched alkanes of at least 4 members (excludes halogenated alkanes) is 9. The second kappa shape index (κ2) is 13.6. The third-order valence-corrected chi connectivity index (χ3v) is 2.93. The fourth-order valence-electron chi connectivity index (χ4n) is 1.86. The maximum absolute atomic E-state index is 8.95. The van der Waals surface area contributed by atoms with Crippen molar-refractivity contribution in [2.24, 2.45) is 0 Å². The van der Waals surface area contributed by atoms with Gasteiger partial charge in [-0.05, 0) is 26.0 Å². The monoisotopic (exact) mass is 241 g/mol. The van der Waals surface area contributed by atoms with Crippen molar-refractivity contribution < 1.29 is 5.11 Å². The number of hydrogen-bond acceptors (Lipinski definition) is 2. The molecule has 0 aliphatic carbocycles. The lowest BCUT2D eigenvalue weighted by Crippen LogP contribution is -2.18. The van der Waals surface area contributed by atoms with Gasteiger partial charge in [-0.2, -0.15) is 0 Å². The van der Waals surface area contributed by atoms with Gasteiger partial charge in [0.25, 0.3) is 0 Å². The maximum atomic E-state index is 8.95. The lowest BCUT2D eigenvalue weighted by atomic mass is 10.1. The van der Waals surface area contributed by atoms with Crippen LogP contribution in [0.2, 0.25) is 0 Å². The molecule has 2 nitrogen and oxygen atoms in total. The molecule has 0 aromatic heterocycles. The van der Waals surface area contributed by atoms with Crippen molar-refractivity contribution in [2.75, 3.05) is 0 Å². The maximum Gasteiger partial charge on any atom is 0.121 e. The van der Waals surface area contributed by atoms with Gasteiger partial charge in [0.2, 0.25) is 0 Å². The molecule has 2 N–H and O–H groups in total. The summed E-state index contributed by atoms with van der Waals surface area (Å²) >= 11 is 0. The largest absolute Gasteiger partial charge is 0.374 e. The fourth-order valence-corrected chi connectivity index (χ4v) is 1.86. The molecule has 0 radical (unpaired) electrons. The molecule has 0 aromatic carbocycles. The van der Waals surface area contributed by atoms with Gasteiger partial charge in [0.05, 0.1) is 0 Å². The van der Waals surface area contributed by atoms with E-state index in [1.54, 1.807) is 6.92 Å². The van der Waals surface area contributed by atoms with Gasteiger partial charge in [-0.25, -0.2) is 0 Å². The van der Waals surface area contributed by atoms with Crippen molar-refractivity contribution in [3.63, 3.8) is 0 Å². The van der Waals surface area contributed by atoms with Crippen LogP contribution >= 0.6 is 0 Å². The highest BCUT2D eigenvalue weighted by molar-refractivity contribution is 4.79. The average Bonchev–Trinajstić information content (AvgIpc) is 2.30. The highest BCUT2D eigenvalue weighted by atomic mass is 16.3. The molecule has 0 rings (SSSR count). The van der Waals surface area contributed by atoms with Crippen LogP contribution < -0.4 is 5.32 Å². The molecule has 0 aliphatic heterocycles. The van der Waals surface area contributed by atoms with Crippen molar-refractivity contribution >= 4 is 0 Å². The number of nitrogens with one attached hydrogen (secondary N) is 1. The van der Waals surface area contributed by atoms with Crippen LogP contribution in [0, 0.1) is 0 Å². The van der Waals surface area contributed by atoms with Gasteiger partial charge in [0.1, 0.15) is 6.23 Å². The van der Waals surface area contributed by atoms with E-state index >= 15 is 0 Å². The SMILES string of the molecule is CCCCCCCCCCCC=CNC(C)O. The molecule has 0 fully saturated rings. The zero-order chi connectivity index (χ0) is 12.8. The summed E-state index contributed by atoms with van der Waals surface area (Å²) < 4.78 is 0. The van der Waals surface area contributed by atoms with Gasteiger partial charge >= 0.3 is 0 Å². The van der Waals surface area contributed by atoms with Gasteiger partial charge in [-0.15, -0.1) is 0 Å². The zero-order valence-electron chi connectivity index (χ0n) is 11.8. The number of rotatable bonds is 12. The van der Waals surface area contributed by atoms with Gasteiger partial charge in [-0.3, -0.25) is 0 Å². The van der Waals surface area contributed by atoms with Crippen molar-refractivity contribution in [1.29, 1.82) is 0 Å². The normalized spacial score (nSPS) is 13.1. The Labute approximate surface area is 108 Å². The number of hydrogen-bond donors (Lipinski definition) is 2. The Kier molecular flexibility index (Phi) is 13.2. The first-order chi connectivity index (χ1) is 8.27. The smallest absolute Gasteiger partial charge is 0.121 e. The minimum absolute atomic E-state index is 0.436. The molecule has 0 aliphatic rings. The highest BCUT2D eigenvalue weighted by Crippen LogP contribution is 2.10. The minimum Gasteiger partial charge on any atom is -0.374 e. The Morgan fingerprint density at radius 2 is 1.47 bits per heavy atom. The molecule has 1 atom stereocenters. The summed E-state index contributed by atoms with van der Waals surface area (Å²) in [6, 6.07) is 0. The van der Waals surface area contributed by atoms with Crippen LogP contribution in [0.15, 0.2) is 12.3 Å². The standard InChI is InChI=1S/C15H31NO/c1-3-4-5-6-7-8-9-10-11-12-13-14-16-15(2)17/h13-17H,3-12H2,1-2H3. The van der Waals surface area contributed by atoms with Crippen LogP contribution in [0.3, 0.4) is 0 Å². The molecule has 0 heterocycles. The summed E-state index contributed by atoms with van der Waals surface area (Å²) in [5.74, 6) is 0. The Morgan fingerprint density at radius 3 is 2.00 bits per heavy atom. The molecule has 0 saturated heterocycles. The first kappa shape index (κ1) is 16.5. The van der Waals surface area contributed by atoms with Crippen LogP contribution in [-0.2, 0) is 0 Å². The molecule has 2 heteroatoms. The highest BCUT2D eigenvalue weighted by Gasteiger charge is 1.91. The van der Waals surface area contributed by atoms with Crippen LogP contribution in [-0.4, -0.2) is 11.3 Å². The summed E-state index contributed by atoms with van der Waals surface area (Å²) in [6.07, 6.45) is 17.0. The van der Waals surface area contributed by atoms with E-state index in [2.05, 4.69) is 18.3 Å². The van der Waals surface area contributed by atoms with E-state index in [0.29, 0.717) is 0 Å². The summed E-state index contributed by atoms with van der Waals surface area (Å²) in [5.41, 5.74) is 0. The lowest BCUT2D eigenvalue weighted by molar-refractivity contribution is 0.173. The zero-order valence-corrected chi connectivity index (χ0v) is 11.8. The molecule has 0 saturated carbocycles. The number of allylic oxidation sites excluding steroid dienone is 1. The van der Waals surface area contributed by atoms with E-state index in [9.17, 15) is 0 Å². The Morgan fingerprint density at radius 1 is 0.941 bits per heavy atom. The number of aliphatic hydroxyl groups is 1. The Bertz CT molecular complexity index is 166. The van der Waals surface area contributed by atoms with Gasteiger partial charge in [0, 0.05) is 0 Å². The quantitative estimate of drug-likeness (QED) is 0.393. The lowest BCUT2D eigenvalue weighted by Gasteiger charge is -2.02. The van der Waals surface area contributed by atoms with E-state index < -0.39 is 6.23 Å². The predicted octanol–water partition coefficient (Wildman–Crippen LogP) is 4.35. The van der Waals surface area contributed by atoms with Gasteiger partial charge < -0.3 is 10.4 Å². The molecule has 1 unspecified atom stereocenters. The van der Waals surface area contributed by atoms with E-state index in [4.69, 9.17) is 5.11 Å². The van der Waals surface area contributed by atoms with Crippen molar-refractivity contribution in [3.05, 3.63) is 12.3 Å². The summed E-state index contributed by atoms with van der Waals surface area (Å²) in [4.78, 5) is 0. The third kappa shape index (κ3) is 15.5. The topological polar surface area (TPSA) is 32.3 Å². The third-order valence-electron chi connectivity index (χ3n) is 2.93. The predicted molar refractivity (Wildman–Crippen MR) is 75.8 cm³/mol. The van der Waals surface area contributed by atoms with Crippen LogP contribution in [0.25, 0.3) is 0 Å². The molecule has 17 heavy (non-hydrogen) atoms. The fraction of sp³-hybridized carbons (Fsp3) is 0.867. The van der Waals surface area contributed by atoms with Crippen molar-refractivity contribution in [1.82, 2.24) is 5.32 Å². The molecule has 0 amide bonds. The van der Waals surface area contributed by atoms with E-state index in [-0.39, 0.29) is 0 Å². The number of aliphatic hydroxyl groups excluding tert-OH is 1. The molecule has 0 spiro atoms. The van der Waals surface area contributed by atoms with Gasteiger partial charge in [-0.1, -0.05) is 64.4 Å². The molecular formula is C15H31NO. The van der Waals surface area contributed by atoms with E-state index in [0.717, 1.165) is 6.42 Å². The second-order valence-corrected chi connectivity index (χ2v) is 4.86. The minimum atomic E-state index is -0.436. The van der Waals surface area contributed by atoms with E-state index in [1.165, 1.54) is 57.8 Å². The molecule has 0 bridgehead atoms. The summed E-state index contributed by atoms with van der Waals surface area (Å²) in [6.45, 7) is 3.99. The van der Waals surface area contributed by atoms with E-state index in [1.807, 2.05) is 6.20 Å². The first-order valence-electron chi connectivity index (χ1n) is 7.36. The molecule has 102 valence electrons. The van der Waals surface area contributed by atoms with Crippen molar-refractivity contribution in [3.8, 4) is 0 Å². The van der Waals surface area contributed by atoms with Crippen molar-refractivity contribution in [2.45, 2.75) is 84.3 Å². The van der Waals surface area contributed by atoms with Gasteiger partial charge in [0.15, 0.2) is 0 Å². The summed E-state index contributed by atoms with van der Waals surface area (Å²) in [7, 11) is 0. The van der Waals surface area contributed by atoms with Crippen LogP contribution in [0.4, 0.5) is 0 Å². The second-order valence-electron chi connectivity index (χ2n) is 4.86. The van der Waals surface area contributed by atoms with Crippen LogP contribution in [0.1, 0.15) is 78.1 Å². The van der Waals surface area contributed by atoms with Crippen LogP contribution in [0.5, 0.6) is 0 Å². The Hall–Kier alpha value is -0.500. The Balaban J connectivity index is 3.01. The average molecular weight is 241 g/mol. The molecular weight excluding hydrogens is 210 g/mol. The summed E-state index contributed by atoms with van der Waals surface area (Å²) in [5, 5.41) is 11.8.